The third-order valence-corrected chi connectivity index (χ3v) is 4.53. The summed E-state index contributed by atoms with van der Waals surface area (Å²) >= 11 is 1.59. The highest BCUT2D eigenvalue weighted by atomic mass is 32.1. The van der Waals surface area contributed by atoms with Crippen molar-refractivity contribution >= 4 is 27.2 Å². The molecule has 0 aliphatic heterocycles. The van der Waals surface area contributed by atoms with Crippen LogP contribution in [-0.4, -0.2) is 11.1 Å². The second-order valence-corrected chi connectivity index (χ2v) is 6.20. The second kappa shape index (κ2) is 4.76. The zero-order valence-electron chi connectivity index (χ0n) is 10.6. The molecule has 0 saturated heterocycles. The van der Waals surface area contributed by atoms with Crippen LogP contribution in [0.15, 0.2) is 18.2 Å². The van der Waals surface area contributed by atoms with Crippen LogP contribution in [0.3, 0.4) is 0 Å². The molecule has 1 heterocycles. The summed E-state index contributed by atoms with van der Waals surface area (Å²) in [5.41, 5.74) is 7.53. The minimum atomic E-state index is 0.346. The van der Waals surface area contributed by atoms with Gasteiger partial charge in [-0.3, -0.25) is 0 Å². The second-order valence-electron chi connectivity index (χ2n) is 5.21. The van der Waals surface area contributed by atoms with Crippen LogP contribution in [0.5, 0.6) is 5.19 Å². The van der Waals surface area contributed by atoms with Gasteiger partial charge >= 0.3 is 0 Å². The Kier molecular flexibility index (Phi) is 3.12. The Bertz CT molecular complexity index is 544. The maximum Gasteiger partial charge on any atom is 0.274 e. The monoisotopic (exact) mass is 262 g/mol. The number of fused-ring (bicyclic) bond motifs is 1. The number of rotatable bonds is 2. The van der Waals surface area contributed by atoms with Crippen LogP contribution in [0.2, 0.25) is 0 Å². The van der Waals surface area contributed by atoms with Gasteiger partial charge < -0.3 is 10.5 Å². The van der Waals surface area contributed by atoms with Crippen LogP contribution in [-0.2, 0) is 0 Å². The zero-order valence-corrected chi connectivity index (χ0v) is 11.4. The normalized spacial score (nSPS) is 24.3. The molecule has 1 aromatic carbocycles. The molecule has 1 aliphatic rings. The smallest absolute Gasteiger partial charge is 0.274 e. The fourth-order valence-corrected chi connectivity index (χ4v) is 3.39. The molecule has 0 atom stereocenters. The maximum absolute atomic E-state index is 6.00. The molecule has 1 fully saturated rings. The Morgan fingerprint density at radius 2 is 2.06 bits per heavy atom. The fourth-order valence-electron chi connectivity index (χ4n) is 2.46. The number of anilines is 1. The number of benzene rings is 1. The quantitative estimate of drug-likeness (QED) is 0.837. The van der Waals surface area contributed by atoms with E-state index in [0.29, 0.717) is 6.10 Å². The van der Waals surface area contributed by atoms with Crippen LogP contribution in [0, 0.1) is 5.92 Å². The van der Waals surface area contributed by atoms with Crippen molar-refractivity contribution in [3.8, 4) is 5.19 Å². The molecule has 96 valence electrons. The van der Waals surface area contributed by atoms with Crippen LogP contribution in [0.25, 0.3) is 10.2 Å². The lowest BCUT2D eigenvalue weighted by Crippen LogP contribution is -2.22. The molecule has 0 unspecified atom stereocenters. The van der Waals surface area contributed by atoms with Gasteiger partial charge in [0.05, 0.1) is 10.2 Å². The van der Waals surface area contributed by atoms with E-state index in [1.807, 2.05) is 18.2 Å². The van der Waals surface area contributed by atoms with Gasteiger partial charge in [-0.05, 0) is 49.8 Å². The van der Waals surface area contributed by atoms with E-state index in [-0.39, 0.29) is 0 Å². The van der Waals surface area contributed by atoms with Gasteiger partial charge in [0.25, 0.3) is 5.19 Å². The van der Waals surface area contributed by atoms with Gasteiger partial charge in [-0.2, -0.15) is 0 Å². The van der Waals surface area contributed by atoms with E-state index in [0.717, 1.165) is 39.9 Å². The standard InChI is InChI=1S/C14H18N2OS/c1-9-2-5-11(6-3-9)17-14-16-12-7-4-10(15)8-13(12)18-14/h4,7-9,11H,2-3,5-6,15H2,1H3. The summed E-state index contributed by atoms with van der Waals surface area (Å²) in [6.07, 6.45) is 5.18. The number of hydrogen-bond acceptors (Lipinski definition) is 4. The molecule has 4 heteroatoms. The predicted octanol–water partition coefficient (Wildman–Crippen LogP) is 3.84. The summed E-state index contributed by atoms with van der Waals surface area (Å²) in [6.45, 7) is 2.32. The summed E-state index contributed by atoms with van der Waals surface area (Å²) < 4.78 is 7.10. The highest BCUT2D eigenvalue weighted by molar-refractivity contribution is 7.20. The van der Waals surface area contributed by atoms with Gasteiger partial charge in [0.2, 0.25) is 0 Å². The number of nitrogens with two attached hydrogens (primary N) is 1. The van der Waals surface area contributed by atoms with E-state index in [1.165, 1.54) is 12.8 Å². The lowest BCUT2D eigenvalue weighted by atomic mass is 9.89. The van der Waals surface area contributed by atoms with Gasteiger partial charge in [0, 0.05) is 5.69 Å². The number of ether oxygens (including phenoxy) is 1. The average molecular weight is 262 g/mol. The van der Waals surface area contributed by atoms with Crippen molar-refractivity contribution in [2.75, 3.05) is 5.73 Å². The molecule has 1 saturated carbocycles. The average Bonchev–Trinajstić information content (AvgIpc) is 2.73. The van der Waals surface area contributed by atoms with Gasteiger partial charge in [0.1, 0.15) is 6.10 Å². The summed E-state index contributed by atoms with van der Waals surface area (Å²) in [5, 5.41) is 0.787. The topological polar surface area (TPSA) is 48.1 Å². The molecule has 1 aromatic heterocycles. The van der Waals surface area contributed by atoms with E-state index in [1.54, 1.807) is 11.3 Å². The van der Waals surface area contributed by atoms with Crippen molar-refractivity contribution in [3.63, 3.8) is 0 Å². The number of hydrogen-bond donors (Lipinski definition) is 1. The fraction of sp³-hybridized carbons (Fsp3) is 0.500. The van der Waals surface area contributed by atoms with Crippen molar-refractivity contribution in [3.05, 3.63) is 18.2 Å². The van der Waals surface area contributed by atoms with Crippen LogP contribution in [0.4, 0.5) is 5.69 Å². The van der Waals surface area contributed by atoms with Crippen molar-refractivity contribution in [1.29, 1.82) is 0 Å². The first-order chi connectivity index (χ1) is 8.70. The first-order valence-corrected chi connectivity index (χ1v) is 7.35. The van der Waals surface area contributed by atoms with Crippen molar-refractivity contribution in [2.45, 2.75) is 38.7 Å². The third kappa shape index (κ3) is 2.43. The zero-order chi connectivity index (χ0) is 12.5. The number of thiazole rings is 1. The molecule has 1 aliphatic carbocycles. The highest BCUT2D eigenvalue weighted by Gasteiger charge is 2.20. The number of aromatic nitrogens is 1. The van der Waals surface area contributed by atoms with Gasteiger partial charge in [-0.15, -0.1) is 0 Å². The molecule has 2 aromatic rings. The van der Waals surface area contributed by atoms with E-state index in [4.69, 9.17) is 10.5 Å². The van der Waals surface area contributed by atoms with Gasteiger partial charge in [0.15, 0.2) is 0 Å². The van der Waals surface area contributed by atoms with E-state index in [2.05, 4.69) is 11.9 Å². The summed E-state index contributed by atoms with van der Waals surface area (Å²) in [7, 11) is 0. The Hall–Kier alpha value is -1.29. The first kappa shape index (κ1) is 11.8. The van der Waals surface area contributed by atoms with Crippen molar-refractivity contribution in [1.82, 2.24) is 4.98 Å². The number of nitrogens with zero attached hydrogens (tertiary/aromatic N) is 1. The summed E-state index contributed by atoms with van der Waals surface area (Å²) in [5.74, 6) is 0.847. The minimum Gasteiger partial charge on any atom is -0.467 e. The lowest BCUT2D eigenvalue weighted by Gasteiger charge is -2.25. The summed E-state index contributed by atoms with van der Waals surface area (Å²) in [4.78, 5) is 4.51. The summed E-state index contributed by atoms with van der Waals surface area (Å²) in [6, 6.07) is 5.80. The van der Waals surface area contributed by atoms with Gasteiger partial charge in [-0.25, -0.2) is 4.98 Å². The predicted molar refractivity (Wildman–Crippen MR) is 76.1 cm³/mol. The number of nitrogen functional groups attached to an aromatic ring is 1. The largest absolute Gasteiger partial charge is 0.467 e. The molecule has 18 heavy (non-hydrogen) atoms. The first-order valence-electron chi connectivity index (χ1n) is 6.53. The Morgan fingerprint density at radius 1 is 1.28 bits per heavy atom. The van der Waals surface area contributed by atoms with Crippen molar-refractivity contribution < 1.29 is 4.74 Å². The Labute approximate surface area is 111 Å². The molecule has 2 N–H and O–H groups in total. The van der Waals surface area contributed by atoms with Crippen LogP contribution >= 0.6 is 11.3 Å². The van der Waals surface area contributed by atoms with Crippen molar-refractivity contribution in [2.24, 2.45) is 5.92 Å². The molecular formula is C14H18N2OS. The van der Waals surface area contributed by atoms with Crippen LogP contribution < -0.4 is 10.5 Å². The molecule has 3 rings (SSSR count). The SMILES string of the molecule is CC1CCC(Oc2nc3ccc(N)cc3s2)CC1. The lowest BCUT2D eigenvalue weighted by molar-refractivity contribution is 0.135. The highest BCUT2D eigenvalue weighted by Crippen LogP contribution is 2.32. The molecule has 0 radical (unpaired) electrons. The third-order valence-electron chi connectivity index (χ3n) is 3.62. The van der Waals surface area contributed by atoms with E-state index >= 15 is 0 Å². The minimum absolute atomic E-state index is 0.346. The maximum atomic E-state index is 6.00. The molecule has 0 spiro atoms. The molecule has 0 bridgehead atoms. The van der Waals surface area contributed by atoms with Gasteiger partial charge in [-0.1, -0.05) is 18.3 Å². The molecule has 0 amide bonds. The molecule has 3 nitrogen and oxygen atoms in total. The molecular weight excluding hydrogens is 244 g/mol. The van der Waals surface area contributed by atoms with E-state index in [9.17, 15) is 0 Å². The van der Waals surface area contributed by atoms with E-state index < -0.39 is 0 Å². The Morgan fingerprint density at radius 3 is 2.83 bits per heavy atom. The van der Waals surface area contributed by atoms with Crippen LogP contribution in [0.1, 0.15) is 32.6 Å². The Balaban J connectivity index is 1.74.